The summed E-state index contributed by atoms with van der Waals surface area (Å²) in [6, 6.07) is 14.3. The van der Waals surface area contributed by atoms with E-state index in [9.17, 15) is 9.59 Å². The van der Waals surface area contributed by atoms with E-state index >= 15 is 0 Å². The van der Waals surface area contributed by atoms with Gasteiger partial charge in [-0.3, -0.25) is 19.0 Å². The van der Waals surface area contributed by atoms with Gasteiger partial charge in [-0.15, -0.1) is 0 Å². The minimum absolute atomic E-state index is 0.0448. The van der Waals surface area contributed by atoms with Crippen molar-refractivity contribution in [3.8, 4) is 0 Å². The average Bonchev–Trinajstić information content (AvgIpc) is 3.15. The number of carbonyl (C=O) groups excluding carboxylic acids is 1. The van der Waals surface area contributed by atoms with Crippen LogP contribution in [-0.2, 0) is 10.5 Å². The smallest absolute Gasteiger partial charge is 0.259 e. The minimum atomic E-state index is -0.402. The van der Waals surface area contributed by atoms with Gasteiger partial charge in [0.05, 0.1) is 11.4 Å². The molecule has 31 heavy (non-hydrogen) atoms. The Morgan fingerprint density at radius 2 is 1.94 bits per heavy atom. The number of hydrogen-bond donors (Lipinski definition) is 0. The van der Waals surface area contributed by atoms with E-state index in [1.807, 2.05) is 37.3 Å². The summed E-state index contributed by atoms with van der Waals surface area (Å²) in [6.45, 7) is 4.12. The Morgan fingerprint density at radius 3 is 2.77 bits per heavy atom. The first-order chi connectivity index (χ1) is 15.1. The van der Waals surface area contributed by atoms with Crippen LogP contribution in [0, 0.1) is 5.92 Å². The van der Waals surface area contributed by atoms with Crippen LogP contribution in [0.15, 0.2) is 69.5 Å². The van der Waals surface area contributed by atoms with Crippen LogP contribution in [0.2, 0.25) is 0 Å². The van der Waals surface area contributed by atoms with Gasteiger partial charge in [-0.1, -0.05) is 50.2 Å². The van der Waals surface area contributed by atoms with E-state index in [1.165, 1.54) is 22.2 Å². The molecule has 0 spiro atoms. The van der Waals surface area contributed by atoms with Crippen LogP contribution >= 0.6 is 11.8 Å². The number of amides is 1. The molecule has 0 N–H and O–H groups in total. The summed E-state index contributed by atoms with van der Waals surface area (Å²) in [7, 11) is 0. The molecule has 2 atom stereocenters. The maximum Gasteiger partial charge on any atom is 0.259 e. The second-order valence-electron chi connectivity index (χ2n) is 7.67. The van der Waals surface area contributed by atoms with Crippen LogP contribution in [0.4, 0.5) is 5.69 Å². The second-order valence-corrected chi connectivity index (χ2v) is 8.61. The van der Waals surface area contributed by atoms with E-state index in [0.29, 0.717) is 28.1 Å². The lowest BCUT2D eigenvalue weighted by Crippen LogP contribution is -2.42. The molecule has 2 unspecified atom stereocenters. The molecule has 0 saturated carbocycles. The Kier molecular flexibility index (Phi) is 4.94. The van der Waals surface area contributed by atoms with Crippen molar-refractivity contribution in [2.75, 3.05) is 0 Å². The monoisotopic (exact) mass is 431 g/mol. The van der Waals surface area contributed by atoms with Gasteiger partial charge in [-0.05, 0) is 30.2 Å². The maximum atomic E-state index is 13.2. The standard InChI is InChI=1S/C23H21N5O2S/c1-3-14(2)20-22(30)28-21(26-20)16-8-4-5-9-17(16)25-23(28)31-13-15-12-19(29)27-11-7-6-10-18(27)24-15/h4-12,14,20H,3,13H2,1-2H3. The van der Waals surface area contributed by atoms with E-state index in [2.05, 4.69) is 11.9 Å². The van der Waals surface area contributed by atoms with E-state index in [4.69, 9.17) is 9.98 Å². The zero-order valence-corrected chi connectivity index (χ0v) is 18.0. The van der Waals surface area contributed by atoms with E-state index in [1.54, 1.807) is 23.2 Å². The summed E-state index contributed by atoms with van der Waals surface area (Å²) in [5, 5.41) is 0.573. The van der Waals surface area contributed by atoms with Gasteiger partial charge < -0.3 is 0 Å². The second kappa shape index (κ2) is 7.77. The molecule has 3 aromatic rings. The van der Waals surface area contributed by atoms with Gasteiger partial charge in [0.1, 0.15) is 17.5 Å². The highest BCUT2D eigenvalue weighted by molar-refractivity contribution is 8.13. The topological polar surface area (TPSA) is 79.4 Å². The Hall–Kier alpha value is -3.26. The van der Waals surface area contributed by atoms with Gasteiger partial charge in [0.2, 0.25) is 0 Å². The van der Waals surface area contributed by atoms with Crippen LogP contribution in [0.25, 0.3) is 5.65 Å². The number of pyridine rings is 1. The third-order valence-corrected chi connectivity index (χ3v) is 6.63. The Balaban J connectivity index is 1.49. The van der Waals surface area contributed by atoms with E-state index in [-0.39, 0.29) is 17.4 Å². The molecule has 7 nitrogen and oxygen atoms in total. The number of aromatic nitrogens is 2. The number of para-hydroxylation sites is 1. The summed E-state index contributed by atoms with van der Waals surface area (Å²) in [5.74, 6) is 1.19. The summed E-state index contributed by atoms with van der Waals surface area (Å²) >= 11 is 1.40. The Bertz CT molecular complexity index is 1310. The normalized spacial score (nSPS) is 18.5. The molecule has 0 radical (unpaired) electrons. The molecule has 156 valence electrons. The number of thioether (sulfide) groups is 1. The quantitative estimate of drug-likeness (QED) is 0.632. The predicted octanol–water partition coefficient (Wildman–Crippen LogP) is 3.63. The van der Waals surface area contributed by atoms with Crippen LogP contribution < -0.4 is 5.56 Å². The molecule has 8 heteroatoms. The highest BCUT2D eigenvalue weighted by atomic mass is 32.2. The third kappa shape index (κ3) is 3.37. The van der Waals surface area contributed by atoms with Crippen molar-refractivity contribution >= 4 is 40.0 Å². The lowest BCUT2D eigenvalue weighted by molar-refractivity contribution is -0.125. The van der Waals surface area contributed by atoms with Crippen molar-refractivity contribution in [3.63, 3.8) is 0 Å². The average molecular weight is 432 g/mol. The molecule has 2 aromatic heterocycles. The Labute approximate surface area is 183 Å². The number of rotatable bonds is 4. The number of aliphatic imine (C=N–C) groups is 2. The highest BCUT2D eigenvalue weighted by Crippen LogP contribution is 2.35. The fraction of sp³-hybridized carbons (Fsp3) is 0.261. The largest absolute Gasteiger partial charge is 0.271 e. The van der Waals surface area contributed by atoms with E-state index < -0.39 is 6.04 Å². The number of benzene rings is 1. The molecule has 0 fully saturated rings. The van der Waals surface area contributed by atoms with Crippen LogP contribution in [0.5, 0.6) is 0 Å². The van der Waals surface area contributed by atoms with Gasteiger partial charge >= 0.3 is 0 Å². The maximum absolute atomic E-state index is 13.2. The van der Waals surface area contributed by atoms with Crippen LogP contribution in [0.1, 0.15) is 31.5 Å². The highest BCUT2D eigenvalue weighted by Gasteiger charge is 2.42. The van der Waals surface area contributed by atoms with Gasteiger partial charge in [-0.25, -0.2) is 14.9 Å². The molecule has 2 aliphatic rings. The first-order valence-electron chi connectivity index (χ1n) is 10.3. The molecular weight excluding hydrogens is 410 g/mol. The number of carbonyl (C=O) groups is 1. The van der Waals surface area contributed by atoms with Crippen molar-refractivity contribution in [3.05, 3.63) is 76.3 Å². The molecule has 0 saturated heterocycles. The first kappa shape index (κ1) is 19.7. The van der Waals surface area contributed by atoms with Gasteiger partial charge in [0, 0.05) is 23.6 Å². The van der Waals surface area contributed by atoms with Crippen molar-refractivity contribution in [2.24, 2.45) is 15.9 Å². The van der Waals surface area contributed by atoms with Crippen molar-refractivity contribution < 1.29 is 4.79 Å². The third-order valence-electron chi connectivity index (χ3n) is 5.66. The summed E-state index contributed by atoms with van der Waals surface area (Å²) in [5.41, 5.74) is 2.77. The number of fused-ring (bicyclic) bond motifs is 4. The molecule has 1 aromatic carbocycles. The van der Waals surface area contributed by atoms with Crippen molar-refractivity contribution in [2.45, 2.75) is 32.1 Å². The lowest BCUT2D eigenvalue weighted by atomic mass is 10.00. The zero-order valence-electron chi connectivity index (χ0n) is 17.2. The molecule has 2 aliphatic heterocycles. The zero-order chi connectivity index (χ0) is 21.5. The molecule has 1 amide bonds. The minimum Gasteiger partial charge on any atom is -0.271 e. The molecular formula is C23H21N5O2S. The lowest BCUT2D eigenvalue weighted by Gasteiger charge is -2.25. The van der Waals surface area contributed by atoms with Gasteiger partial charge in [0.25, 0.3) is 11.5 Å². The van der Waals surface area contributed by atoms with Crippen molar-refractivity contribution in [1.29, 1.82) is 0 Å². The first-order valence-corrected chi connectivity index (χ1v) is 11.3. The van der Waals surface area contributed by atoms with E-state index in [0.717, 1.165) is 17.7 Å². The fourth-order valence-electron chi connectivity index (χ4n) is 3.78. The molecule has 4 heterocycles. The van der Waals surface area contributed by atoms with Crippen molar-refractivity contribution in [1.82, 2.24) is 14.3 Å². The van der Waals surface area contributed by atoms with Crippen LogP contribution in [0.3, 0.4) is 0 Å². The van der Waals surface area contributed by atoms with Crippen LogP contribution in [-0.4, -0.2) is 37.2 Å². The molecule has 0 bridgehead atoms. The number of nitrogens with zero attached hydrogens (tertiary/aromatic N) is 5. The van der Waals surface area contributed by atoms with Gasteiger partial charge in [-0.2, -0.15) is 0 Å². The predicted molar refractivity (Wildman–Crippen MR) is 123 cm³/mol. The van der Waals surface area contributed by atoms with Gasteiger partial charge in [0.15, 0.2) is 5.17 Å². The summed E-state index contributed by atoms with van der Waals surface area (Å²) < 4.78 is 1.51. The summed E-state index contributed by atoms with van der Waals surface area (Å²) in [6.07, 6.45) is 2.57. The SMILES string of the molecule is CCC(C)C1N=C2c3ccccc3N=C(SCc3cc(=O)n4ccccc4n3)N2C1=O. The number of amidine groups is 2. The summed E-state index contributed by atoms with van der Waals surface area (Å²) in [4.78, 5) is 41.4. The molecule has 5 rings (SSSR count). The Morgan fingerprint density at radius 1 is 1.13 bits per heavy atom. The molecule has 0 aliphatic carbocycles. The fourth-order valence-corrected chi connectivity index (χ4v) is 4.67. The number of hydrogen-bond acceptors (Lipinski definition) is 6.